The minimum Gasteiger partial charge on any atom is -0.315 e. The summed E-state index contributed by atoms with van der Waals surface area (Å²) in [4.78, 5) is 12.0. The Kier molecular flexibility index (Phi) is 4.79. The smallest absolute Gasteiger partial charge is 0.141 e. The molecule has 0 aliphatic heterocycles. The number of rotatable bonds is 7. The van der Waals surface area contributed by atoms with Crippen molar-refractivity contribution in [1.29, 1.82) is 0 Å². The third-order valence-corrected chi connectivity index (χ3v) is 3.74. The number of hydrogen-bond acceptors (Lipinski definition) is 2. The Morgan fingerprint density at radius 2 is 2.06 bits per heavy atom. The summed E-state index contributed by atoms with van der Waals surface area (Å²) >= 11 is 5.88. The largest absolute Gasteiger partial charge is 0.315 e. The zero-order valence-electron chi connectivity index (χ0n) is 10.8. The minimum absolute atomic E-state index is 0.0361. The Morgan fingerprint density at radius 3 is 2.61 bits per heavy atom. The number of hydrogen-bond donors (Lipinski definition) is 1. The van der Waals surface area contributed by atoms with Gasteiger partial charge in [-0.25, -0.2) is 0 Å². The fourth-order valence-corrected chi connectivity index (χ4v) is 2.24. The Hall–Kier alpha value is -0.860. The standard InChI is InChI=1S/C15H20ClNO/c1-2-15(18)14(10-17-9-11-3-4-11)12-5-7-13(16)8-6-12/h5-8,11,14,17H,2-4,9-10H2,1H3. The quantitative estimate of drug-likeness (QED) is 0.819. The van der Waals surface area contributed by atoms with Crippen LogP contribution in [-0.2, 0) is 4.79 Å². The Balaban J connectivity index is 1.98. The van der Waals surface area contributed by atoms with Crippen molar-refractivity contribution in [3.8, 4) is 0 Å². The lowest BCUT2D eigenvalue weighted by Crippen LogP contribution is -2.28. The summed E-state index contributed by atoms with van der Waals surface area (Å²) in [5.41, 5.74) is 1.06. The topological polar surface area (TPSA) is 29.1 Å². The van der Waals surface area contributed by atoms with Gasteiger partial charge in [0.15, 0.2) is 0 Å². The Bertz CT molecular complexity index is 397. The maximum absolute atomic E-state index is 12.0. The van der Waals surface area contributed by atoms with Crippen molar-refractivity contribution in [3.63, 3.8) is 0 Å². The number of halogens is 1. The summed E-state index contributed by atoms with van der Waals surface area (Å²) in [7, 11) is 0. The molecular weight excluding hydrogens is 246 g/mol. The first-order valence-corrected chi connectivity index (χ1v) is 7.07. The van der Waals surface area contributed by atoms with Crippen molar-refractivity contribution in [2.24, 2.45) is 5.92 Å². The second kappa shape index (κ2) is 6.35. The van der Waals surface area contributed by atoms with Crippen LogP contribution in [0.3, 0.4) is 0 Å². The van der Waals surface area contributed by atoms with Gasteiger partial charge in [-0.05, 0) is 43.0 Å². The van der Waals surface area contributed by atoms with E-state index in [1.165, 1.54) is 12.8 Å². The van der Waals surface area contributed by atoms with Gasteiger partial charge in [-0.1, -0.05) is 30.7 Å². The van der Waals surface area contributed by atoms with Crippen LogP contribution in [0.25, 0.3) is 0 Å². The molecule has 0 heterocycles. The van der Waals surface area contributed by atoms with E-state index in [1.807, 2.05) is 31.2 Å². The molecular formula is C15H20ClNO. The van der Waals surface area contributed by atoms with Crippen LogP contribution in [0.5, 0.6) is 0 Å². The van der Waals surface area contributed by atoms with E-state index >= 15 is 0 Å². The molecule has 1 aromatic carbocycles. The van der Waals surface area contributed by atoms with Crippen molar-refractivity contribution in [1.82, 2.24) is 5.32 Å². The fourth-order valence-electron chi connectivity index (χ4n) is 2.11. The molecule has 0 amide bonds. The first-order valence-electron chi connectivity index (χ1n) is 6.69. The van der Waals surface area contributed by atoms with Gasteiger partial charge in [0.05, 0.1) is 5.92 Å². The molecule has 1 unspecified atom stereocenters. The number of ketones is 1. The van der Waals surface area contributed by atoms with Gasteiger partial charge in [0.25, 0.3) is 0 Å². The average molecular weight is 266 g/mol. The predicted octanol–water partition coefficient (Wildman–Crippen LogP) is 3.40. The van der Waals surface area contributed by atoms with Crippen molar-refractivity contribution < 1.29 is 4.79 Å². The monoisotopic (exact) mass is 265 g/mol. The van der Waals surface area contributed by atoms with Crippen LogP contribution in [-0.4, -0.2) is 18.9 Å². The average Bonchev–Trinajstić information content (AvgIpc) is 3.19. The minimum atomic E-state index is -0.0361. The van der Waals surface area contributed by atoms with Crippen molar-refractivity contribution in [3.05, 3.63) is 34.9 Å². The van der Waals surface area contributed by atoms with Crippen LogP contribution in [0.4, 0.5) is 0 Å². The van der Waals surface area contributed by atoms with E-state index < -0.39 is 0 Å². The highest BCUT2D eigenvalue weighted by Gasteiger charge is 2.23. The molecule has 98 valence electrons. The molecule has 2 nitrogen and oxygen atoms in total. The third-order valence-electron chi connectivity index (χ3n) is 3.49. The van der Waals surface area contributed by atoms with E-state index in [-0.39, 0.29) is 5.92 Å². The molecule has 3 heteroatoms. The van der Waals surface area contributed by atoms with Crippen LogP contribution >= 0.6 is 11.6 Å². The lowest BCUT2D eigenvalue weighted by molar-refractivity contribution is -0.120. The lowest BCUT2D eigenvalue weighted by Gasteiger charge is -2.16. The van der Waals surface area contributed by atoms with Gasteiger partial charge < -0.3 is 5.32 Å². The van der Waals surface area contributed by atoms with E-state index in [0.717, 1.165) is 24.6 Å². The van der Waals surface area contributed by atoms with E-state index in [4.69, 9.17) is 11.6 Å². The van der Waals surface area contributed by atoms with Gasteiger partial charge >= 0.3 is 0 Å². The van der Waals surface area contributed by atoms with Gasteiger partial charge in [0.1, 0.15) is 5.78 Å². The van der Waals surface area contributed by atoms with Crippen molar-refractivity contribution in [2.45, 2.75) is 32.1 Å². The maximum atomic E-state index is 12.0. The number of Topliss-reactive ketones (excluding diaryl/α,β-unsaturated/α-hetero) is 1. The number of carbonyl (C=O) groups is 1. The summed E-state index contributed by atoms with van der Waals surface area (Å²) in [5, 5.41) is 4.14. The molecule has 0 aromatic heterocycles. The molecule has 1 atom stereocenters. The van der Waals surface area contributed by atoms with Crippen LogP contribution in [0.15, 0.2) is 24.3 Å². The zero-order valence-corrected chi connectivity index (χ0v) is 11.5. The van der Waals surface area contributed by atoms with Gasteiger partial charge in [0.2, 0.25) is 0 Å². The first-order chi connectivity index (χ1) is 8.70. The summed E-state index contributed by atoms with van der Waals surface area (Å²) in [6, 6.07) is 7.63. The third kappa shape index (κ3) is 3.82. The Labute approximate surface area is 114 Å². The van der Waals surface area contributed by atoms with Crippen LogP contribution < -0.4 is 5.32 Å². The van der Waals surface area contributed by atoms with Crippen LogP contribution in [0.1, 0.15) is 37.7 Å². The van der Waals surface area contributed by atoms with E-state index in [0.29, 0.717) is 17.2 Å². The molecule has 0 saturated heterocycles. The van der Waals surface area contributed by atoms with E-state index in [2.05, 4.69) is 5.32 Å². The molecule has 18 heavy (non-hydrogen) atoms. The molecule has 1 fully saturated rings. The maximum Gasteiger partial charge on any atom is 0.141 e. The summed E-state index contributed by atoms with van der Waals surface area (Å²) < 4.78 is 0. The molecule has 1 aliphatic rings. The fraction of sp³-hybridized carbons (Fsp3) is 0.533. The lowest BCUT2D eigenvalue weighted by atomic mass is 9.93. The SMILES string of the molecule is CCC(=O)C(CNCC1CC1)c1ccc(Cl)cc1. The second-order valence-corrected chi connectivity index (χ2v) is 5.46. The van der Waals surface area contributed by atoms with Gasteiger partial charge in [-0.3, -0.25) is 4.79 Å². The Morgan fingerprint density at radius 1 is 1.39 bits per heavy atom. The molecule has 0 radical (unpaired) electrons. The molecule has 0 spiro atoms. The van der Waals surface area contributed by atoms with Crippen molar-refractivity contribution in [2.75, 3.05) is 13.1 Å². The predicted molar refractivity (Wildman–Crippen MR) is 75.1 cm³/mol. The molecule has 1 aliphatic carbocycles. The summed E-state index contributed by atoms with van der Waals surface area (Å²) in [6.45, 7) is 3.71. The first kappa shape index (κ1) is 13.6. The van der Waals surface area contributed by atoms with Crippen LogP contribution in [0.2, 0.25) is 5.02 Å². The van der Waals surface area contributed by atoms with Gasteiger partial charge in [-0.2, -0.15) is 0 Å². The normalized spacial score (nSPS) is 16.6. The second-order valence-electron chi connectivity index (χ2n) is 5.03. The highest BCUT2D eigenvalue weighted by molar-refractivity contribution is 6.30. The highest BCUT2D eigenvalue weighted by Crippen LogP contribution is 2.28. The van der Waals surface area contributed by atoms with E-state index in [9.17, 15) is 4.79 Å². The molecule has 0 bridgehead atoms. The highest BCUT2D eigenvalue weighted by atomic mass is 35.5. The van der Waals surface area contributed by atoms with Crippen molar-refractivity contribution >= 4 is 17.4 Å². The molecule has 1 N–H and O–H groups in total. The summed E-state index contributed by atoms with van der Waals surface area (Å²) in [6.07, 6.45) is 3.25. The summed E-state index contributed by atoms with van der Waals surface area (Å²) in [5.74, 6) is 1.10. The number of benzene rings is 1. The van der Waals surface area contributed by atoms with Crippen LogP contribution in [0, 0.1) is 5.92 Å². The molecule has 1 saturated carbocycles. The van der Waals surface area contributed by atoms with Gasteiger partial charge in [-0.15, -0.1) is 0 Å². The van der Waals surface area contributed by atoms with E-state index in [1.54, 1.807) is 0 Å². The number of carbonyl (C=O) groups excluding carboxylic acids is 1. The molecule has 2 rings (SSSR count). The number of nitrogens with one attached hydrogen (secondary N) is 1. The van der Waals surface area contributed by atoms with Gasteiger partial charge in [0, 0.05) is 18.0 Å². The molecule has 1 aromatic rings. The zero-order chi connectivity index (χ0) is 13.0.